The zero-order valence-electron chi connectivity index (χ0n) is 12.2. The maximum absolute atomic E-state index is 5.99. The molecule has 2 rings (SSSR count). The normalized spacial score (nSPS) is 20.4. The van der Waals surface area contributed by atoms with E-state index in [2.05, 4.69) is 11.6 Å². The molecule has 0 N–H and O–H groups in total. The summed E-state index contributed by atoms with van der Waals surface area (Å²) < 4.78 is 17.4. The Morgan fingerprint density at radius 2 is 1.84 bits per heavy atom. The number of methoxy groups -OCH3 is 1. The van der Waals surface area contributed by atoms with Crippen LogP contribution >= 0.6 is 0 Å². The molecule has 0 aliphatic carbocycles. The molecule has 0 aromatic carbocycles. The van der Waals surface area contributed by atoms with Crippen molar-refractivity contribution in [2.45, 2.75) is 38.9 Å². The van der Waals surface area contributed by atoms with Crippen molar-refractivity contribution in [2.24, 2.45) is 0 Å². The van der Waals surface area contributed by atoms with Crippen molar-refractivity contribution in [1.29, 1.82) is 0 Å². The lowest BCUT2D eigenvalue weighted by molar-refractivity contribution is 0.00578. The topological polar surface area (TPSA) is 40.6 Å². The number of nitrogens with zero attached hydrogens (tertiary/aromatic N) is 1. The maximum atomic E-state index is 5.99. The second-order valence-electron chi connectivity index (χ2n) is 5.61. The van der Waals surface area contributed by atoms with E-state index in [0.29, 0.717) is 11.3 Å². The van der Waals surface area contributed by atoms with Crippen LogP contribution in [-0.4, -0.2) is 30.4 Å². The minimum absolute atomic E-state index is 0.394. The fourth-order valence-corrected chi connectivity index (χ4v) is 1.99. The first-order valence-electron chi connectivity index (χ1n) is 6.33. The van der Waals surface area contributed by atoms with Crippen LogP contribution in [0.25, 0.3) is 6.08 Å². The molecule has 0 atom stereocenters. The summed E-state index contributed by atoms with van der Waals surface area (Å²) in [7, 11) is 1.08. The van der Waals surface area contributed by atoms with E-state index in [1.807, 2.05) is 33.8 Å². The third-order valence-corrected chi connectivity index (χ3v) is 3.86. The van der Waals surface area contributed by atoms with Crippen molar-refractivity contribution in [3.8, 4) is 5.75 Å². The molecule has 0 spiro atoms. The van der Waals surface area contributed by atoms with Gasteiger partial charge in [0.05, 0.1) is 18.3 Å². The van der Waals surface area contributed by atoms with E-state index in [9.17, 15) is 0 Å². The summed E-state index contributed by atoms with van der Waals surface area (Å²) in [6, 6.07) is 1.85. The first-order chi connectivity index (χ1) is 8.82. The molecular weight excluding hydrogens is 241 g/mol. The molecule has 5 heteroatoms. The van der Waals surface area contributed by atoms with Crippen LogP contribution in [0.1, 0.15) is 33.3 Å². The van der Waals surface area contributed by atoms with E-state index in [-0.39, 0.29) is 0 Å². The molecule has 1 aliphatic heterocycles. The van der Waals surface area contributed by atoms with E-state index in [0.717, 1.165) is 5.56 Å². The number of pyridine rings is 1. The van der Waals surface area contributed by atoms with Gasteiger partial charge in [-0.25, -0.2) is 0 Å². The van der Waals surface area contributed by atoms with Crippen molar-refractivity contribution in [3.05, 3.63) is 24.4 Å². The van der Waals surface area contributed by atoms with Gasteiger partial charge in [0.25, 0.3) is 0 Å². The van der Waals surface area contributed by atoms with Gasteiger partial charge >= 0.3 is 7.12 Å². The summed E-state index contributed by atoms with van der Waals surface area (Å²) in [6.07, 6.45) is 3.44. The van der Waals surface area contributed by atoms with Gasteiger partial charge in [-0.05, 0) is 33.8 Å². The van der Waals surface area contributed by atoms with Crippen LogP contribution in [0.4, 0.5) is 0 Å². The van der Waals surface area contributed by atoms with Gasteiger partial charge in [0, 0.05) is 11.8 Å². The third-order valence-electron chi connectivity index (χ3n) is 3.86. The molecule has 0 radical (unpaired) electrons. The summed E-state index contributed by atoms with van der Waals surface area (Å²) in [4.78, 5) is 4.35. The summed E-state index contributed by atoms with van der Waals surface area (Å²) in [5.74, 6) is 0.649. The number of ether oxygens (including phenoxy) is 1. The number of rotatable bonds is 3. The summed E-state index contributed by atoms with van der Waals surface area (Å²) in [5.41, 5.74) is 0.740. The first kappa shape index (κ1) is 14.1. The highest BCUT2D eigenvalue weighted by Gasteiger charge is 2.53. The van der Waals surface area contributed by atoms with Gasteiger partial charge in [-0.3, -0.25) is 4.98 Å². The molecule has 1 fully saturated rings. The number of aromatic nitrogens is 1. The molecule has 2 heterocycles. The van der Waals surface area contributed by atoms with Gasteiger partial charge < -0.3 is 14.0 Å². The Hall–Kier alpha value is -1.33. The SMILES string of the molecule is C=Cc1ccnc(B2OC(C)(C)C(C)(C)O2)c1OC. The Morgan fingerprint density at radius 3 is 2.32 bits per heavy atom. The Kier molecular flexibility index (Phi) is 3.45. The van der Waals surface area contributed by atoms with Crippen molar-refractivity contribution >= 4 is 18.8 Å². The van der Waals surface area contributed by atoms with Crippen LogP contribution in [0.2, 0.25) is 0 Å². The number of hydrogen-bond donors (Lipinski definition) is 0. The van der Waals surface area contributed by atoms with Gasteiger partial charge in [-0.15, -0.1) is 0 Å². The fourth-order valence-electron chi connectivity index (χ4n) is 1.99. The average molecular weight is 261 g/mol. The number of hydrogen-bond acceptors (Lipinski definition) is 4. The van der Waals surface area contributed by atoms with Crippen LogP contribution in [0, 0.1) is 0 Å². The minimum atomic E-state index is -0.528. The lowest BCUT2D eigenvalue weighted by Gasteiger charge is -2.32. The molecule has 19 heavy (non-hydrogen) atoms. The van der Waals surface area contributed by atoms with Gasteiger partial charge in [0.15, 0.2) is 0 Å². The van der Waals surface area contributed by atoms with Crippen molar-refractivity contribution in [1.82, 2.24) is 4.98 Å². The fraction of sp³-hybridized carbons (Fsp3) is 0.500. The molecule has 102 valence electrons. The Bertz CT molecular complexity index is 483. The third kappa shape index (κ3) is 2.28. The van der Waals surface area contributed by atoms with Crippen LogP contribution < -0.4 is 10.3 Å². The Labute approximate surface area is 114 Å². The Morgan fingerprint density at radius 1 is 1.26 bits per heavy atom. The molecule has 0 amide bonds. The second kappa shape index (κ2) is 4.65. The predicted octanol–water partition coefficient (Wildman–Crippen LogP) is 2.03. The predicted molar refractivity (Wildman–Crippen MR) is 76.6 cm³/mol. The van der Waals surface area contributed by atoms with Crippen LogP contribution in [-0.2, 0) is 9.31 Å². The molecule has 1 aromatic rings. The highest BCUT2D eigenvalue weighted by molar-refractivity contribution is 6.62. The summed E-state index contributed by atoms with van der Waals surface area (Å²) in [6.45, 7) is 11.8. The van der Waals surface area contributed by atoms with Crippen molar-refractivity contribution < 1.29 is 14.0 Å². The quantitative estimate of drug-likeness (QED) is 0.780. The van der Waals surface area contributed by atoms with E-state index in [1.165, 1.54) is 0 Å². The van der Waals surface area contributed by atoms with E-state index in [4.69, 9.17) is 14.0 Å². The summed E-state index contributed by atoms with van der Waals surface area (Å²) in [5, 5.41) is 0. The minimum Gasteiger partial charge on any atom is -0.495 e. The molecule has 0 saturated carbocycles. The van der Waals surface area contributed by atoms with E-state index < -0.39 is 18.3 Å². The van der Waals surface area contributed by atoms with E-state index in [1.54, 1.807) is 19.4 Å². The highest BCUT2D eigenvalue weighted by Crippen LogP contribution is 2.37. The second-order valence-corrected chi connectivity index (χ2v) is 5.61. The lowest BCUT2D eigenvalue weighted by Crippen LogP contribution is -2.41. The van der Waals surface area contributed by atoms with Gasteiger partial charge in [0.2, 0.25) is 0 Å². The van der Waals surface area contributed by atoms with Crippen LogP contribution in [0.15, 0.2) is 18.8 Å². The van der Waals surface area contributed by atoms with E-state index >= 15 is 0 Å². The molecule has 0 bridgehead atoms. The zero-order valence-corrected chi connectivity index (χ0v) is 12.2. The first-order valence-corrected chi connectivity index (χ1v) is 6.33. The van der Waals surface area contributed by atoms with Gasteiger partial charge in [-0.2, -0.15) is 0 Å². The average Bonchev–Trinajstić information content (AvgIpc) is 2.57. The largest absolute Gasteiger partial charge is 0.518 e. The lowest BCUT2D eigenvalue weighted by atomic mass is 9.82. The molecule has 0 unspecified atom stereocenters. The standard InChI is InChI=1S/C14H20BNO3/c1-7-10-8-9-16-12(11(10)17-6)15-18-13(2,3)14(4,5)19-15/h7-9H,1H2,2-6H3. The van der Waals surface area contributed by atoms with Gasteiger partial charge in [-0.1, -0.05) is 12.7 Å². The van der Waals surface area contributed by atoms with Crippen LogP contribution in [0.5, 0.6) is 5.75 Å². The Balaban J connectivity index is 2.42. The smallest absolute Gasteiger partial charge is 0.495 e. The molecule has 4 nitrogen and oxygen atoms in total. The maximum Gasteiger partial charge on any atom is 0.518 e. The zero-order chi connectivity index (χ0) is 14.3. The highest BCUT2D eigenvalue weighted by atomic mass is 16.7. The van der Waals surface area contributed by atoms with Gasteiger partial charge in [0.1, 0.15) is 11.3 Å². The molecule has 1 aromatic heterocycles. The monoisotopic (exact) mass is 261 g/mol. The summed E-state index contributed by atoms with van der Waals surface area (Å²) >= 11 is 0. The molecule has 1 aliphatic rings. The van der Waals surface area contributed by atoms with Crippen LogP contribution in [0.3, 0.4) is 0 Å². The molecule has 1 saturated heterocycles. The van der Waals surface area contributed by atoms with Crippen molar-refractivity contribution in [3.63, 3.8) is 0 Å². The molecular formula is C14H20BNO3. The van der Waals surface area contributed by atoms with Crippen molar-refractivity contribution in [2.75, 3.05) is 7.11 Å².